The molecule has 0 aliphatic rings. The summed E-state index contributed by atoms with van der Waals surface area (Å²) in [5.41, 5.74) is 0.0711. The number of anilines is 1. The van der Waals surface area contributed by atoms with Crippen LogP contribution in [0.4, 0.5) is 10.1 Å². The highest BCUT2D eigenvalue weighted by atomic mass is 19.1. The van der Waals surface area contributed by atoms with E-state index >= 15 is 0 Å². The second-order valence-electron chi connectivity index (χ2n) is 4.46. The molecule has 0 spiro atoms. The fraction of sp³-hybridized carbons (Fsp3) is 0.417. The Morgan fingerprint density at radius 2 is 2.12 bits per heavy atom. The third-order valence-electron chi connectivity index (χ3n) is 1.74. The van der Waals surface area contributed by atoms with Crippen LogP contribution in [0.15, 0.2) is 24.3 Å². The summed E-state index contributed by atoms with van der Waals surface area (Å²) in [5, 5.41) is 2.55. The minimum Gasteiger partial charge on any atom is -0.366 e. The highest BCUT2D eigenvalue weighted by Crippen LogP contribution is 2.10. The van der Waals surface area contributed by atoms with Gasteiger partial charge in [-0.05, 0) is 39.0 Å². The van der Waals surface area contributed by atoms with E-state index in [1.807, 2.05) is 20.8 Å². The molecule has 1 N–H and O–H groups in total. The molecule has 0 saturated carbocycles. The van der Waals surface area contributed by atoms with Gasteiger partial charge < -0.3 is 10.1 Å². The van der Waals surface area contributed by atoms with E-state index in [2.05, 4.69) is 5.32 Å². The Hall–Kier alpha value is -1.42. The van der Waals surface area contributed by atoms with Gasteiger partial charge in [0.25, 0.3) is 0 Å². The van der Waals surface area contributed by atoms with Crippen molar-refractivity contribution in [3.8, 4) is 0 Å². The van der Waals surface area contributed by atoms with Crippen molar-refractivity contribution in [3.63, 3.8) is 0 Å². The second kappa shape index (κ2) is 5.07. The Labute approximate surface area is 94.6 Å². The third-order valence-corrected chi connectivity index (χ3v) is 1.74. The van der Waals surface area contributed by atoms with Gasteiger partial charge in [0, 0.05) is 5.69 Å². The monoisotopic (exact) mass is 225 g/mol. The van der Waals surface area contributed by atoms with Gasteiger partial charge in [-0.3, -0.25) is 4.79 Å². The molecule has 0 unspecified atom stereocenters. The average Bonchev–Trinajstić information content (AvgIpc) is 2.14. The topological polar surface area (TPSA) is 38.3 Å². The highest BCUT2D eigenvalue weighted by molar-refractivity contribution is 5.91. The zero-order valence-corrected chi connectivity index (χ0v) is 9.71. The van der Waals surface area contributed by atoms with Gasteiger partial charge in [-0.1, -0.05) is 6.07 Å². The smallest absolute Gasteiger partial charge is 0.250 e. The van der Waals surface area contributed by atoms with Gasteiger partial charge in [0.15, 0.2) is 0 Å². The van der Waals surface area contributed by atoms with Gasteiger partial charge in [0.2, 0.25) is 5.91 Å². The van der Waals surface area contributed by atoms with Crippen LogP contribution in [-0.2, 0) is 9.53 Å². The first-order valence-corrected chi connectivity index (χ1v) is 5.06. The fourth-order valence-electron chi connectivity index (χ4n) is 1.05. The van der Waals surface area contributed by atoms with E-state index in [-0.39, 0.29) is 23.9 Å². The van der Waals surface area contributed by atoms with Crippen molar-refractivity contribution in [2.75, 3.05) is 11.9 Å². The van der Waals surface area contributed by atoms with Crippen molar-refractivity contribution in [2.45, 2.75) is 26.4 Å². The molecule has 0 aliphatic heterocycles. The molecule has 0 heterocycles. The fourth-order valence-corrected chi connectivity index (χ4v) is 1.05. The first-order valence-electron chi connectivity index (χ1n) is 5.06. The number of amides is 1. The van der Waals surface area contributed by atoms with Crippen LogP contribution in [0.1, 0.15) is 20.8 Å². The summed E-state index contributed by atoms with van der Waals surface area (Å²) < 4.78 is 18.1. The number of carbonyl (C=O) groups excluding carboxylic acids is 1. The summed E-state index contributed by atoms with van der Waals surface area (Å²) in [5.74, 6) is -0.671. The van der Waals surface area contributed by atoms with E-state index in [0.29, 0.717) is 5.69 Å². The molecule has 88 valence electrons. The zero-order valence-electron chi connectivity index (χ0n) is 9.71. The molecule has 1 aromatic rings. The average molecular weight is 225 g/mol. The summed E-state index contributed by atoms with van der Waals surface area (Å²) in [6.07, 6.45) is 0. The molecular formula is C12H16FNO2. The van der Waals surface area contributed by atoms with Crippen LogP contribution in [-0.4, -0.2) is 18.1 Å². The summed E-state index contributed by atoms with van der Waals surface area (Å²) in [7, 11) is 0. The lowest BCUT2D eigenvalue weighted by atomic mass is 10.2. The number of halogens is 1. The number of nitrogens with one attached hydrogen (secondary N) is 1. The normalized spacial score (nSPS) is 11.2. The number of benzene rings is 1. The highest BCUT2D eigenvalue weighted by Gasteiger charge is 2.12. The lowest BCUT2D eigenvalue weighted by Crippen LogP contribution is -2.27. The summed E-state index contributed by atoms with van der Waals surface area (Å²) in [6.45, 7) is 5.55. The molecule has 0 aliphatic carbocycles. The Kier molecular flexibility index (Phi) is 4.01. The van der Waals surface area contributed by atoms with E-state index in [1.165, 1.54) is 18.2 Å². The second-order valence-corrected chi connectivity index (χ2v) is 4.46. The van der Waals surface area contributed by atoms with E-state index in [4.69, 9.17) is 4.74 Å². The van der Waals surface area contributed by atoms with Crippen molar-refractivity contribution in [1.29, 1.82) is 0 Å². The molecule has 1 aromatic carbocycles. The molecular weight excluding hydrogens is 209 g/mol. The number of carbonyl (C=O) groups is 1. The largest absolute Gasteiger partial charge is 0.366 e. The molecule has 1 amide bonds. The van der Waals surface area contributed by atoms with Crippen LogP contribution in [0.2, 0.25) is 0 Å². The van der Waals surface area contributed by atoms with Gasteiger partial charge in [0.1, 0.15) is 12.4 Å². The van der Waals surface area contributed by atoms with Crippen molar-refractivity contribution in [2.24, 2.45) is 0 Å². The van der Waals surface area contributed by atoms with Gasteiger partial charge in [-0.25, -0.2) is 4.39 Å². The molecule has 4 heteroatoms. The van der Waals surface area contributed by atoms with E-state index in [1.54, 1.807) is 6.07 Å². The number of hydrogen-bond donors (Lipinski definition) is 1. The van der Waals surface area contributed by atoms with Crippen molar-refractivity contribution < 1.29 is 13.9 Å². The minimum absolute atomic E-state index is 0.0417. The Morgan fingerprint density at radius 1 is 1.44 bits per heavy atom. The molecule has 0 bridgehead atoms. The molecule has 0 radical (unpaired) electrons. The molecule has 0 fully saturated rings. The van der Waals surface area contributed by atoms with E-state index in [0.717, 1.165) is 0 Å². The standard InChI is InChI=1S/C12H16FNO2/c1-12(2,3)16-8-11(15)14-10-6-4-5-9(13)7-10/h4-7H,8H2,1-3H3,(H,14,15). The lowest BCUT2D eigenvalue weighted by Gasteiger charge is -2.18. The maximum absolute atomic E-state index is 12.8. The Morgan fingerprint density at radius 3 is 2.69 bits per heavy atom. The van der Waals surface area contributed by atoms with Crippen LogP contribution < -0.4 is 5.32 Å². The summed E-state index contributed by atoms with van der Waals surface area (Å²) in [6, 6.07) is 5.74. The van der Waals surface area contributed by atoms with Gasteiger partial charge in [0.05, 0.1) is 5.60 Å². The molecule has 1 rings (SSSR count). The number of rotatable bonds is 3. The van der Waals surface area contributed by atoms with Gasteiger partial charge >= 0.3 is 0 Å². The Bertz CT molecular complexity index is 372. The third kappa shape index (κ3) is 4.89. The molecule has 0 aromatic heterocycles. The maximum atomic E-state index is 12.8. The number of hydrogen-bond acceptors (Lipinski definition) is 2. The van der Waals surface area contributed by atoms with Crippen LogP contribution in [0.3, 0.4) is 0 Å². The van der Waals surface area contributed by atoms with Gasteiger partial charge in [-0.2, -0.15) is 0 Å². The van der Waals surface area contributed by atoms with Crippen LogP contribution in [0.5, 0.6) is 0 Å². The molecule has 0 saturated heterocycles. The zero-order chi connectivity index (χ0) is 12.2. The molecule has 16 heavy (non-hydrogen) atoms. The van der Waals surface area contributed by atoms with Crippen molar-refractivity contribution in [3.05, 3.63) is 30.1 Å². The van der Waals surface area contributed by atoms with Crippen LogP contribution in [0.25, 0.3) is 0 Å². The van der Waals surface area contributed by atoms with Crippen molar-refractivity contribution >= 4 is 11.6 Å². The SMILES string of the molecule is CC(C)(C)OCC(=O)Nc1cccc(F)c1. The van der Waals surface area contributed by atoms with E-state index < -0.39 is 0 Å². The van der Waals surface area contributed by atoms with Crippen LogP contribution in [0, 0.1) is 5.82 Å². The predicted molar refractivity (Wildman–Crippen MR) is 60.7 cm³/mol. The first kappa shape index (κ1) is 12.6. The first-order chi connectivity index (χ1) is 7.37. The van der Waals surface area contributed by atoms with Crippen LogP contribution >= 0.6 is 0 Å². The molecule has 3 nitrogen and oxygen atoms in total. The molecule has 0 atom stereocenters. The lowest BCUT2D eigenvalue weighted by molar-refractivity contribution is -0.125. The van der Waals surface area contributed by atoms with Gasteiger partial charge in [-0.15, -0.1) is 0 Å². The summed E-state index contributed by atoms with van der Waals surface area (Å²) in [4.78, 5) is 11.4. The Balaban J connectivity index is 2.46. The summed E-state index contributed by atoms with van der Waals surface area (Å²) >= 11 is 0. The van der Waals surface area contributed by atoms with Crippen molar-refractivity contribution in [1.82, 2.24) is 0 Å². The quantitative estimate of drug-likeness (QED) is 0.858. The van der Waals surface area contributed by atoms with E-state index in [9.17, 15) is 9.18 Å². The number of ether oxygens (including phenoxy) is 1. The minimum atomic E-state index is -0.380. The maximum Gasteiger partial charge on any atom is 0.250 e. The predicted octanol–water partition coefficient (Wildman–Crippen LogP) is 2.58.